The van der Waals surface area contributed by atoms with Gasteiger partial charge in [-0.05, 0) is 38.1 Å². The molecule has 1 aromatic heterocycles. The van der Waals surface area contributed by atoms with Crippen LogP contribution in [-0.2, 0) is 13.0 Å². The van der Waals surface area contributed by atoms with Gasteiger partial charge in [0, 0.05) is 12.1 Å². The van der Waals surface area contributed by atoms with Gasteiger partial charge in [-0.3, -0.25) is 9.48 Å². The summed E-state index contributed by atoms with van der Waals surface area (Å²) in [5.41, 5.74) is 2.17. The number of Topliss-reactive ketones (excluding diaryl/α,β-unsaturated/α-hetero) is 1. The average molecular weight is 293 g/mol. The molecule has 0 amide bonds. The molecule has 0 saturated heterocycles. The summed E-state index contributed by atoms with van der Waals surface area (Å²) in [4.78, 5) is 12.3. The van der Waals surface area contributed by atoms with Crippen LogP contribution in [0.2, 0.25) is 5.02 Å². The smallest absolute Gasteiger partial charge is 0.168 e. The highest BCUT2D eigenvalue weighted by Crippen LogP contribution is 2.22. The number of hydrogen-bond acceptors (Lipinski definition) is 3. The van der Waals surface area contributed by atoms with E-state index in [1.807, 2.05) is 13.8 Å². The first kappa shape index (κ1) is 14.6. The molecule has 20 heavy (non-hydrogen) atoms. The monoisotopic (exact) mass is 292 g/mol. The van der Waals surface area contributed by atoms with Gasteiger partial charge in [-0.2, -0.15) is 5.10 Å². The first-order valence-corrected chi connectivity index (χ1v) is 6.83. The Bertz CT molecular complexity index is 618. The molecule has 0 radical (unpaired) electrons. The van der Waals surface area contributed by atoms with Crippen molar-refractivity contribution in [2.24, 2.45) is 0 Å². The van der Waals surface area contributed by atoms with Crippen molar-refractivity contribution in [3.05, 3.63) is 46.2 Å². The third-order valence-electron chi connectivity index (χ3n) is 3.19. The Hall–Kier alpha value is -1.81. The Labute approximate surface area is 123 Å². The van der Waals surface area contributed by atoms with Gasteiger partial charge in [-0.1, -0.05) is 11.6 Å². The van der Waals surface area contributed by atoms with Crippen LogP contribution in [0.25, 0.3) is 0 Å². The fourth-order valence-electron chi connectivity index (χ4n) is 2.07. The van der Waals surface area contributed by atoms with E-state index in [1.54, 1.807) is 36.1 Å². The maximum Gasteiger partial charge on any atom is 0.168 e. The van der Waals surface area contributed by atoms with E-state index in [0.29, 0.717) is 17.1 Å². The van der Waals surface area contributed by atoms with E-state index in [0.717, 1.165) is 17.1 Å². The van der Waals surface area contributed by atoms with Gasteiger partial charge in [0.2, 0.25) is 0 Å². The number of ether oxygens (including phenoxy) is 1. The summed E-state index contributed by atoms with van der Waals surface area (Å²) in [5.74, 6) is 0.748. The number of rotatable bonds is 5. The Morgan fingerprint density at radius 1 is 1.35 bits per heavy atom. The zero-order valence-corrected chi connectivity index (χ0v) is 12.6. The molecule has 4 nitrogen and oxygen atoms in total. The van der Waals surface area contributed by atoms with E-state index in [9.17, 15) is 4.79 Å². The number of carbonyl (C=O) groups is 1. The molecule has 0 bridgehead atoms. The SMILES string of the molecule is CCn1nc(C)c(Cl)c1CC(=O)c1ccc(OC)cc1. The predicted molar refractivity (Wildman–Crippen MR) is 78.7 cm³/mol. The molecule has 2 rings (SSSR count). The van der Waals surface area contributed by atoms with Gasteiger partial charge in [0.05, 0.1) is 29.9 Å². The zero-order chi connectivity index (χ0) is 14.7. The quantitative estimate of drug-likeness (QED) is 0.794. The lowest BCUT2D eigenvalue weighted by Gasteiger charge is -2.06. The average Bonchev–Trinajstić information content (AvgIpc) is 2.75. The number of halogens is 1. The van der Waals surface area contributed by atoms with Crippen LogP contribution in [0.3, 0.4) is 0 Å². The number of hydrogen-bond donors (Lipinski definition) is 0. The molecule has 0 aliphatic rings. The van der Waals surface area contributed by atoms with Crippen molar-refractivity contribution in [2.45, 2.75) is 26.8 Å². The minimum Gasteiger partial charge on any atom is -0.497 e. The fourth-order valence-corrected chi connectivity index (χ4v) is 2.27. The molecule has 0 fully saturated rings. The van der Waals surface area contributed by atoms with E-state index in [1.165, 1.54) is 0 Å². The molecule has 2 aromatic rings. The number of nitrogens with zero attached hydrogens (tertiary/aromatic N) is 2. The van der Waals surface area contributed by atoms with Crippen LogP contribution in [0.5, 0.6) is 5.75 Å². The molecule has 0 unspecified atom stereocenters. The van der Waals surface area contributed by atoms with Gasteiger partial charge >= 0.3 is 0 Å². The summed E-state index contributed by atoms with van der Waals surface area (Å²) in [6.07, 6.45) is 0.250. The van der Waals surface area contributed by atoms with Gasteiger partial charge in [-0.15, -0.1) is 0 Å². The van der Waals surface area contributed by atoms with Crippen LogP contribution in [0.4, 0.5) is 0 Å². The summed E-state index contributed by atoms with van der Waals surface area (Å²) in [6.45, 7) is 4.51. The lowest BCUT2D eigenvalue weighted by molar-refractivity contribution is 0.0990. The molecule has 0 N–H and O–H groups in total. The first-order chi connectivity index (χ1) is 9.56. The number of benzene rings is 1. The fraction of sp³-hybridized carbons (Fsp3) is 0.333. The minimum absolute atomic E-state index is 0.0177. The van der Waals surface area contributed by atoms with Gasteiger partial charge in [0.25, 0.3) is 0 Å². The van der Waals surface area contributed by atoms with Crippen molar-refractivity contribution in [3.8, 4) is 5.75 Å². The van der Waals surface area contributed by atoms with Gasteiger partial charge in [0.1, 0.15) is 5.75 Å². The number of aryl methyl sites for hydroxylation is 2. The van der Waals surface area contributed by atoms with Gasteiger partial charge in [-0.25, -0.2) is 0 Å². The number of carbonyl (C=O) groups excluding carboxylic acids is 1. The topological polar surface area (TPSA) is 44.1 Å². The Kier molecular flexibility index (Phi) is 4.45. The summed E-state index contributed by atoms with van der Waals surface area (Å²) < 4.78 is 6.86. The maximum atomic E-state index is 12.3. The third kappa shape index (κ3) is 2.85. The second-order valence-electron chi connectivity index (χ2n) is 4.49. The molecule has 0 atom stereocenters. The van der Waals surface area contributed by atoms with E-state index in [4.69, 9.17) is 16.3 Å². The first-order valence-electron chi connectivity index (χ1n) is 6.45. The third-order valence-corrected chi connectivity index (χ3v) is 3.68. The summed E-state index contributed by atoms with van der Waals surface area (Å²) in [7, 11) is 1.60. The Morgan fingerprint density at radius 2 is 2.00 bits per heavy atom. The summed E-state index contributed by atoms with van der Waals surface area (Å²) in [6, 6.07) is 7.07. The molecule has 0 aliphatic carbocycles. The highest BCUT2D eigenvalue weighted by atomic mass is 35.5. The van der Waals surface area contributed by atoms with E-state index >= 15 is 0 Å². The van der Waals surface area contributed by atoms with Crippen molar-refractivity contribution in [1.82, 2.24) is 9.78 Å². The van der Waals surface area contributed by atoms with Crippen molar-refractivity contribution in [2.75, 3.05) is 7.11 Å². The molecule has 5 heteroatoms. The lowest BCUT2D eigenvalue weighted by Crippen LogP contribution is -2.10. The second-order valence-corrected chi connectivity index (χ2v) is 4.87. The van der Waals surface area contributed by atoms with E-state index < -0.39 is 0 Å². The van der Waals surface area contributed by atoms with Crippen molar-refractivity contribution in [3.63, 3.8) is 0 Å². The Morgan fingerprint density at radius 3 is 2.55 bits per heavy atom. The van der Waals surface area contributed by atoms with Gasteiger partial charge < -0.3 is 4.74 Å². The molecular weight excluding hydrogens is 276 g/mol. The van der Waals surface area contributed by atoms with E-state index in [-0.39, 0.29) is 12.2 Å². The van der Waals surface area contributed by atoms with Crippen LogP contribution in [0.1, 0.15) is 28.7 Å². The molecule has 0 saturated carbocycles. The normalized spacial score (nSPS) is 10.6. The van der Waals surface area contributed by atoms with Crippen LogP contribution < -0.4 is 4.74 Å². The summed E-state index contributed by atoms with van der Waals surface area (Å²) >= 11 is 6.22. The number of methoxy groups -OCH3 is 1. The van der Waals surface area contributed by atoms with Crippen LogP contribution >= 0.6 is 11.6 Å². The van der Waals surface area contributed by atoms with E-state index in [2.05, 4.69) is 5.10 Å². The molecule has 1 heterocycles. The van der Waals surface area contributed by atoms with Crippen molar-refractivity contribution in [1.29, 1.82) is 0 Å². The molecular formula is C15H17ClN2O2. The molecule has 106 valence electrons. The molecule has 1 aromatic carbocycles. The van der Waals surface area contributed by atoms with Crippen LogP contribution in [0.15, 0.2) is 24.3 Å². The van der Waals surface area contributed by atoms with Crippen molar-refractivity contribution < 1.29 is 9.53 Å². The van der Waals surface area contributed by atoms with Gasteiger partial charge in [0.15, 0.2) is 5.78 Å². The highest BCUT2D eigenvalue weighted by molar-refractivity contribution is 6.32. The van der Waals surface area contributed by atoms with Crippen LogP contribution in [-0.4, -0.2) is 22.7 Å². The molecule has 0 aliphatic heterocycles. The second kappa shape index (κ2) is 6.09. The lowest BCUT2D eigenvalue weighted by atomic mass is 10.1. The minimum atomic E-state index is 0.0177. The number of aromatic nitrogens is 2. The standard InChI is InChI=1S/C15H17ClN2O2/c1-4-18-13(15(16)10(2)17-18)9-14(19)11-5-7-12(20-3)8-6-11/h5-8H,4,9H2,1-3H3. The Balaban J connectivity index is 2.22. The van der Waals surface area contributed by atoms with Crippen LogP contribution in [0, 0.1) is 6.92 Å². The molecule has 0 spiro atoms. The number of ketones is 1. The zero-order valence-electron chi connectivity index (χ0n) is 11.8. The van der Waals surface area contributed by atoms with Crippen molar-refractivity contribution >= 4 is 17.4 Å². The largest absolute Gasteiger partial charge is 0.497 e. The predicted octanol–water partition coefficient (Wildman–Crippen LogP) is 3.30. The summed E-state index contributed by atoms with van der Waals surface area (Å²) in [5, 5.41) is 4.89. The highest BCUT2D eigenvalue weighted by Gasteiger charge is 2.17. The maximum absolute atomic E-state index is 12.3.